The Kier molecular flexibility index (Phi) is 2.71. The maximum absolute atomic E-state index is 9.53. The molecule has 15 heavy (non-hydrogen) atoms. The molecule has 3 heteroatoms. The van der Waals surface area contributed by atoms with E-state index in [9.17, 15) is 5.11 Å². The van der Waals surface area contributed by atoms with Gasteiger partial charge in [0, 0.05) is 13.1 Å². The Labute approximate surface area is 90.5 Å². The number of aromatic hydroxyl groups is 1. The Bertz CT molecular complexity index is 343. The predicted molar refractivity (Wildman–Crippen MR) is 63.1 cm³/mol. The highest BCUT2D eigenvalue weighted by atomic mass is 16.3. The number of hydrogen-bond acceptors (Lipinski definition) is 3. The number of phenols is 1. The van der Waals surface area contributed by atoms with Crippen LogP contribution in [-0.2, 0) is 0 Å². The smallest absolute Gasteiger partial charge is 0.140 e. The van der Waals surface area contributed by atoms with Gasteiger partial charge in [-0.1, -0.05) is 13.0 Å². The van der Waals surface area contributed by atoms with Crippen LogP contribution in [0.25, 0.3) is 0 Å². The molecule has 2 rings (SSSR count). The van der Waals surface area contributed by atoms with E-state index in [2.05, 4.69) is 11.8 Å². The number of nitrogens with two attached hydrogens (primary N) is 1. The third kappa shape index (κ3) is 2.01. The first-order chi connectivity index (χ1) is 7.18. The van der Waals surface area contributed by atoms with E-state index in [0.29, 0.717) is 5.69 Å². The fourth-order valence-electron chi connectivity index (χ4n) is 2.07. The van der Waals surface area contributed by atoms with Gasteiger partial charge in [0.2, 0.25) is 0 Å². The normalized spacial score (nSPS) is 18.1. The number of piperidine rings is 1. The largest absolute Gasteiger partial charge is 0.506 e. The molecule has 3 N–H and O–H groups in total. The average molecular weight is 206 g/mol. The number of anilines is 2. The first-order valence-electron chi connectivity index (χ1n) is 5.51. The van der Waals surface area contributed by atoms with E-state index in [0.717, 1.165) is 24.7 Å². The van der Waals surface area contributed by atoms with Crippen molar-refractivity contribution in [2.75, 3.05) is 23.7 Å². The van der Waals surface area contributed by atoms with Gasteiger partial charge < -0.3 is 15.7 Å². The average Bonchev–Trinajstić information content (AvgIpc) is 2.24. The Hall–Kier alpha value is -1.38. The SMILES string of the molecule is CC1CCN(c2cccc(O)c2N)CC1. The van der Waals surface area contributed by atoms with Crippen LogP contribution in [0.15, 0.2) is 18.2 Å². The first-order valence-corrected chi connectivity index (χ1v) is 5.51. The Morgan fingerprint density at radius 3 is 2.67 bits per heavy atom. The molecule has 3 nitrogen and oxygen atoms in total. The second-order valence-electron chi connectivity index (χ2n) is 4.38. The molecule has 0 unspecified atom stereocenters. The van der Waals surface area contributed by atoms with Crippen LogP contribution in [0.3, 0.4) is 0 Å². The summed E-state index contributed by atoms with van der Waals surface area (Å²) >= 11 is 0. The topological polar surface area (TPSA) is 49.5 Å². The summed E-state index contributed by atoms with van der Waals surface area (Å²) in [5.74, 6) is 0.992. The van der Waals surface area contributed by atoms with Crippen molar-refractivity contribution in [2.24, 2.45) is 5.92 Å². The number of phenolic OH excluding ortho intramolecular Hbond substituents is 1. The monoisotopic (exact) mass is 206 g/mol. The van der Waals surface area contributed by atoms with E-state index < -0.39 is 0 Å². The summed E-state index contributed by atoms with van der Waals surface area (Å²) < 4.78 is 0. The zero-order valence-corrected chi connectivity index (χ0v) is 9.11. The molecule has 0 radical (unpaired) electrons. The van der Waals surface area contributed by atoms with Gasteiger partial charge in [-0.25, -0.2) is 0 Å². The maximum Gasteiger partial charge on any atom is 0.140 e. The number of para-hydroxylation sites is 1. The predicted octanol–water partition coefficient (Wildman–Crippen LogP) is 2.21. The number of benzene rings is 1. The molecule has 0 atom stereocenters. The summed E-state index contributed by atoms with van der Waals surface area (Å²) in [6.07, 6.45) is 2.41. The molecular formula is C12H18N2O. The van der Waals surface area contributed by atoms with Gasteiger partial charge in [0.05, 0.1) is 11.4 Å². The number of nitrogens with zero attached hydrogens (tertiary/aromatic N) is 1. The Balaban J connectivity index is 2.19. The number of nitrogen functional groups attached to an aromatic ring is 1. The van der Waals surface area contributed by atoms with E-state index in [4.69, 9.17) is 5.73 Å². The highest BCUT2D eigenvalue weighted by molar-refractivity contribution is 5.73. The van der Waals surface area contributed by atoms with Gasteiger partial charge in [-0.3, -0.25) is 0 Å². The molecule has 0 spiro atoms. The summed E-state index contributed by atoms with van der Waals surface area (Å²) in [6, 6.07) is 5.45. The molecule has 1 saturated heterocycles. The van der Waals surface area contributed by atoms with Crippen LogP contribution in [0.5, 0.6) is 5.75 Å². The molecule has 1 aliphatic heterocycles. The van der Waals surface area contributed by atoms with Crippen molar-refractivity contribution in [3.05, 3.63) is 18.2 Å². The van der Waals surface area contributed by atoms with Crippen molar-refractivity contribution in [3.8, 4) is 5.75 Å². The van der Waals surface area contributed by atoms with Crippen molar-refractivity contribution in [1.82, 2.24) is 0 Å². The molecule has 0 aromatic heterocycles. The Morgan fingerprint density at radius 2 is 2.00 bits per heavy atom. The van der Waals surface area contributed by atoms with Crippen LogP contribution in [-0.4, -0.2) is 18.2 Å². The number of hydrogen-bond donors (Lipinski definition) is 2. The maximum atomic E-state index is 9.53. The highest BCUT2D eigenvalue weighted by Crippen LogP contribution is 2.33. The van der Waals surface area contributed by atoms with Gasteiger partial charge >= 0.3 is 0 Å². The van der Waals surface area contributed by atoms with Gasteiger partial charge in [-0.2, -0.15) is 0 Å². The van der Waals surface area contributed by atoms with Crippen molar-refractivity contribution in [3.63, 3.8) is 0 Å². The van der Waals surface area contributed by atoms with Crippen LogP contribution in [0.1, 0.15) is 19.8 Å². The minimum Gasteiger partial charge on any atom is -0.506 e. The molecule has 1 fully saturated rings. The molecule has 0 saturated carbocycles. The Morgan fingerprint density at radius 1 is 1.33 bits per heavy atom. The molecule has 1 aromatic rings. The van der Waals surface area contributed by atoms with Crippen molar-refractivity contribution < 1.29 is 5.11 Å². The van der Waals surface area contributed by atoms with Crippen LogP contribution in [0.2, 0.25) is 0 Å². The van der Waals surface area contributed by atoms with Gasteiger partial charge in [-0.15, -0.1) is 0 Å². The first kappa shape index (κ1) is 10.1. The molecule has 1 heterocycles. The zero-order valence-electron chi connectivity index (χ0n) is 9.11. The van der Waals surface area contributed by atoms with Gasteiger partial charge in [0.1, 0.15) is 5.75 Å². The fourth-order valence-corrected chi connectivity index (χ4v) is 2.07. The minimum atomic E-state index is 0.186. The molecule has 0 aliphatic carbocycles. The van der Waals surface area contributed by atoms with Gasteiger partial charge in [0.25, 0.3) is 0 Å². The molecular weight excluding hydrogens is 188 g/mol. The van der Waals surface area contributed by atoms with Gasteiger partial charge in [-0.05, 0) is 30.9 Å². The quantitative estimate of drug-likeness (QED) is 0.547. The van der Waals surface area contributed by atoms with Crippen molar-refractivity contribution >= 4 is 11.4 Å². The summed E-state index contributed by atoms with van der Waals surface area (Å²) in [5.41, 5.74) is 7.34. The van der Waals surface area contributed by atoms with E-state index in [1.165, 1.54) is 12.8 Å². The van der Waals surface area contributed by atoms with E-state index in [1.54, 1.807) is 6.07 Å². The second kappa shape index (κ2) is 4.01. The third-order valence-corrected chi connectivity index (χ3v) is 3.18. The zero-order chi connectivity index (χ0) is 10.8. The lowest BCUT2D eigenvalue weighted by molar-refractivity contribution is 0.437. The fraction of sp³-hybridized carbons (Fsp3) is 0.500. The van der Waals surface area contributed by atoms with Crippen LogP contribution in [0, 0.1) is 5.92 Å². The van der Waals surface area contributed by atoms with Crippen LogP contribution in [0.4, 0.5) is 11.4 Å². The van der Waals surface area contributed by atoms with Crippen LogP contribution >= 0.6 is 0 Å². The second-order valence-corrected chi connectivity index (χ2v) is 4.38. The molecule has 82 valence electrons. The number of rotatable bonds is 1. The van der Waals surface area contributed by atoms with Gasteiger partial charge in [0.15, 0.2) is 0 Å². The molecule has 0 amide bonds. The molecule has 1 aromatic carbocycles. The van der Waals surface area contributed by atoms with Crippen molar-refractivity contribution in [2.45, 2.75) is 19.8 Å². The highest BCUT2D eigenvalue weighted by Gasteiger charge is 2.18. The minimum absolute atomic E-state index is 0.186. The summed E-state index contributed by atoms with van der Waals surface area (Å²) in [7, 11) is 0. The van der Waals surface area contributed by atoms with E-state index in [-0.39, 0.29) is 5.75 Å². The molecule has 1 aliphatic rings. The third-order valence-electron chi connectivity index (χ3n) is 3.18. The summed E-state index contributed by atoms with van der Waals surface area (Å²) in [4.78, 5) is 2.26. The lowest BCUT2D eigenvalue weighted by Crippen LogP contribution is -2.33. The lowest BCUT2D eigenvalue weighted by atomic mass is 9.98. The standard InChI is InChI=1S/C12H18N2O/c1-9-5-7-14(8-6-9)10-3-2-4-11(15)12(10)13/h2-4,9,15H,5-8,13H2,1H3. The van der Waals surface area contributed by atoms with Crippen molar-refractivity contribution in [1.29, 1.82) is 0 Å². The molecule has 0 bridgehead atoms. The van der Waals surface area contributed by atoms with E-state index in [1.807, 2.05) is 12.1 Å². The van der Waals surface area contributed by atoms with Crippen LogP contribution < -0.4 is 10.6 Å². The summed E-state index contributed by atoms with van der Waals surface area (Å²) in [6.45, 7) is 4.35. The summed E-state index contributed by atoms with van der Waals surface area (Å²) in [5, 5.41) is 9.53. The van der Waals surface area contributed by atoms with E-state index >= 15 is 0 Å². The lowest BCUT2D eigenvalue weighted by Gasteiger charge is -2.32.